The number of piperidine rings is 1. The normalized spacial score (nSPS) is 22.7. The summed E-state index contributed by atoms with van der Waals surface area (Å²) < 4.78 is 13.0. The molecule has 0 aliphatic carbocycles. The third-order valence-electron chi connectivity index (χ3n) is 4.85. The van der Waals surface area contributed by atoms with Crippen molar-refractivity contribution in [2.24, 2.45) is 0 Å². The van der Waals surface area contributed by atoms with E-state index in [1.807, 2.05) is 0 Å². The third kappa shape index (κ3) is 3.47. The lowest BCUT2D eigenvalue weighted by atomic mass is 10.1. The van der Waals surface area contributed by atoms with Gasteiger partial charge in [0.05, 0.1) is 6.10 Å². The van der Waals surface area contributed by atoms with Crippen LogP contribution in [-0.2, 0) is 21.0 Å². The van der Waals surface area contributed by atoms with Crippen LogP contribution in [-0.4, -0.2) is 61.7 Å². The topological polar surface area (TPSA) is 125 Å². The van der Waals surface area contributed by atoms with E-state index in [1.165, 1.54) is 11.6 Å². The van der Waals surface area contributed by atoms with Gasteiger partial charge in [-0.1, -0.05) is 5.21 Å². The SMILES string of the molecule is CC(=O)OCC1[CH][CH]C(n2nnc3c(N4CCCCC4)nn(CO)c3c2=O)O1. The first-order valence-electron chi connectivity index (χ1n) is 9.27. The van der Waals surface area contributed by atoms with Crippen LogP contribution in [0.1, 0.15) is 32.4 Å². The second-order valence-corrected chi connectivity index (χ2v) is 6.80. The largest absolute Gasteiger partial charge is 0.463 e. The quantitative estimate of drug-likeness (QED) is 0.691. The summed E-state index contributed by atoms with van der Waals surface area (Å²) in [4.78, 5) is 26.0. The Morgan fingerprint density at radius 3 is 2.82 bits per heavy atom. The molecule has 0 aromatic carbocycles. The van der Waals surface area contributed by atoms with Crippen molar-refractivity contribution in [2.75, 3.05) is 24.6 Å². The van der Waals surface area contributed by atoms with Crippen molar-refractivity contribution in [3.63, 3.8) is 0 Å². The molecular weight excluding hydrogens is 368 g/mol. The minimum absolute atomic E-state index is 0.0560. The highest BCUT2D eigenvalue weighted by atomic mass is 16.6. The zero-order chi connectivity index (χ0) is 19.7. The van der Waals surface area contributed by atoms with E-state index < -0.39 is 30.6 Å². The minimum atomic E-state index is -0.773. The summed E-state index contributed by atoms with van der Waals surface area (Å²) in [5, 5.41) is 22.3. The first kappa shape index (κ1) is 18.8. The summed E-state index contributed by atoms with van der Waals surface area (Å²) in [6, 6.07) is 0. The minimum Gasteiger partial charge on any atom is -0.463 e. The number of carbonyl (C=O) groups excluding carboxylic acids is 1. The molecule has 2 aromatic heterocycles. The fourth-order valence-corrected chi connectivity index (χ4v) is 3.50. The molecule has 2 unspecified atom stereocenters. The molecule has 2 fully saturated rings. The van der Waals surface area contributed by atoms with Crippen molar-refractivity contribution in [3.05, 3.63) is 23.2 Å². The fraction of sp³-hybridized carbons (Fsp3) is 0.588. The van der Waals surface area contributed by atoms with Crippen LogP contribution in [0.5, 0.6) is 0 Å². The number of esters is 1. The number of anilines is 1. The van der Waals surface area contributed by atoms with Gasteiger partial charge in [0.2, 0.25) is 0 Å². The Hall–Kier alpha value is -2.53. The van der Waals surface area contributed by atoms with Gasteiger partial charge in [0.15, 0.2) is 23.1 Å². The van der Waals surface area contributed by atoms with Gasteiger partial charge in [-0.05, 0) is 19.3 Å². The number of ether oxygens (including phenoxy) is 2. The Kier molecular flexibility index (Phi) is 5.27. The van der Waals surface area contributed by atoms with E-state index in [0.717, 1.165) is 37.0 Å². The first-order chi connectivity index (χ1) is 13.6. The van der Waals surface area contributed by atoms with Gasteiger partial charge in [-0.3, -0.25) is 9.59 Å². The number of rotatable bonds is 5. The molecule has 11 nitrogen and oxygen atoms in total. The van der Waals surface area contributed by atoms with Gasteiger partial charge in [-0.2, -0.15) is 4.68 Å². The van der Waals surface area contributed by atoms with Gasteiger partial charge >= 0.3 is 5.97 Å². The van der Waals surface area contributed by atoms with Crippen LogP contribution < -0.4 is 10.5 Å². The fourth-order valence-electron chi connectivity index (χ4n) is 3.50. The maximum Gasteiger partial charge on any atom is 0.302 e. The van der Waals surface area contributed by atoms with E-state index >= 15 is 0 Å². The number of nitrogens with zero attached hydrogens (tertiary/aromatic N) is 6. The molecule has 2 radical (unpaired) electrons. The van der Waals surface area contributed by atoms with Gasteiger partial charge < -0.3 is 19.5 Å². The van der Waals surface area contributed by atoms with Crippen LogP contribution in [0, 0.1) is 12.8 Å². The number of hydrogen-bond donors (Lipinski definition) is 1. The first-order valence-corrected chi connectivity index (χ1v) is 9.27. The number of hydrogen-bond acceptors (Lipinski definition) is 9. The highest BCUT2D eigenvalue weighted by Gasteiger charge is 2.31. The van der Waals surface area contributed by atoms with Gasteiger partial charge in [-0.15, -0.1) is 10.2 Å². The average molecular weight is 390 g/mol. The van der Waals surface area contributed by atoms with E-state index in [0.29, 0.717) is 11.3 Å². The van der Waals surface area contributed by atoms with Crippen molar-refractivity contribution >= 4 is 22.8 Å². The van der Waals surface area contributed by atoms with E-state index in [4.69, 9.17) is 9.47 Å². The lowest BCUT2D eigenvalue weighted by Gasteiger charge is -2.26. The molecule has 4 rings (SSSR count). The maximum absolute atomic E-state index is 13.0. The molecule has 2 aliphatic rings. The number of carbonyl (C=O) groups is 1. The zero-order valence-corrected chi connectivity index (χ0v) is 15.5. The Morgan fingerprint density at radius 1 is 1.32 bits per heavy atom. The maximum atomic E-state index is 13.0. The van der Waals surface area contributed by atoms with Crippen LogP contribution in [0.3, 0.4) is 0 Å². The molecule has 0 amide bonds. The number of aliphatic hydroxyl groups excluding tert-OH is 1. The van der Waals surface area contributed by atoms with Crippen molar-refractivity contribution < 1.29 is 19.4 Å². The van der Waals surface area contributed by atoms with E-state index in [9.17, 15) is 14.7 Å². The molecule has 1 N–H and O–H groups in total. The lowest BCUT2D eigenvalue weighted by Crippen LogP contribution is -2.31. The average Bonchev–Trinajstić information content (AvgIpc) is 3.32. The van der Waals surface area contributed by atoms with Crippen molar-refractivity contribution in [1.82, 2.24) is 24.8 Å². The molecule has 0 bridgehead atoms. The van der Waals surface area contributed by atoms with E-state index in [2.05, 4.69) is 20.3 Å². The highest BCUT2D eigenvalue weighted by molar-refractivity contribution is 5.85. The van der Waals surface area contributed by atoms with Crippen LogP contribution in [0.2, 0.25) is 0 Å². The van der Waals surface area contributed by atoms with Crippen LogP contribution in [0.4, 0.5) is 5.82 Å². The van der Waals surface area contributed by atoms with E-state index in [-0.39, 0.29) is 12.1 Å². The van der Waals surface area contributed by atoms with Crippen molar-refractivity contribution in [2.45, 2.75) is 45.2 Å². The highest BCUT2D eigenvalue weighted by Crippen LogP contribution is 2.27. The summed E-state index contributed by atoms with van der Waals surface area (Å²) in [5.74, 6) is 0.159. The Labute approximate surface area is 160 Å². The summed E-state index contributed by atoms with van der Waals surface area (Å²) in [7, 11) is 0. The standard InChI is InChI=1S/C17H22N6O5/c1-11(25)27-9-12-5-6-13(28-12)23-17(26)15-14(18-20-23)16(19-22(15)10-24)21-7-3-2-4-8-21/h5-6,12-13,24H,2-4,7-10H2,1H3. The zero-order valence-electron chi connectivity index (χ0n) is 15.5. The predicted molar refractivity (Wildman–Crippen MR) is 97.0 cm³/mol. The predicted octanol–water partition coefficient (Wildman–Crippen LogP) is -0.203. The number of aromatic nitrogens is 5. The summed E-state index contributed by atoms with van der Waals surface area (Å²) in [5.41, 5.74) is 0.0896. The third-order valence-corrected chi connectivity index (χ3v) is 4.85. The second-order valence-electron chi connectivity index (χ2n) is 6.80. The summed E-state index contributed by atoms with van der Waals surface area (Å²) >= 11 is 0. The van der Waals surface area contributed by atoms with Crippen LogP contribution in [0.25, 0.3) is 11.0 Å². The molecule has 150 valence electrons. The number of fused-ring (bicyclic) bond motifs is 1. The van der Waals surface area contributed by atoms with Gasteiger partial charge in [0.1, 0.15) is 13.3 Å². The Morgan fingerprint density at radius 2 is 2.11 bits per heavy atom. The molecule has 2 saturated heterocycles. The van der Waals surface area contributed by atoms with Crippen molar-refractivity contribution in [1.29, 1.82) is 0 Å². The molecule has 11 heteroatoms. The summed E-state index contributed by atoms with van der Waals surface area (Å²) in [6.07, 6.45) is 5.36. The Balaban J connectivity index is 1.64. The van der Waals surface area contributed by atoms with Crippen LogP contribution in [0.15, 0.2) is 4.79 Å². The molecular formula is C17H22N6O5. The smallest absolute Gasteiger partial charge is 0.302 e. The second kappa shape index (κ2) is 7.84. The monoisotopic (exact) mass is 390 g/mol. The van der Waals surface area contributed by atoms with Crippen LogP contribution >= 0.6 is 0 Å². The molecule has 0 saturated carbocycles. The Bertz CT molecular complexity index is 919. The van der Waals surface area contributed by atoms with E-state index in [1.54, 1.807) is 12.8 Å². The summed E-state index contributed by atoms with van der Waals surface area (Å²) in [6.45, 7) is 2.58. The molecule has 2 aliphatic heterocycles. The molecule has 2 aromatic rings. The number of aliphatic hydroxyl groups is 1. The molecule has 4 heterocycles. The lowest BCUT2D eigenvalue weighted by molar-refractivity contribution is -0.145. The molecule has 0 spiro atoms. The molecule has 2 atom stereocenters. The van der Waals surface area contributed by atoms with Gasteiger partial charge in [0, 0.05) is 32.9 Å². The van der Waals surface area contributed by atoms with Gasteiger partial charge in [0.25, 0.3) is 5.56 Å². The van der Waals surface area contributed by atoms with Crippen molar-refractivity contribution in [3.8, 4) is 0 Å². The molecule has 28 heavy (non-hydrogen) atoms. The van der Waals surface area contributed by atoms with Gasteiger partial charge in [-0.25, -0.2) is 4.68 Å².